The minimum atomic E-state index is -0.193. The number of aromatic nitrogens is 2. The Balaban J connectivity index is 2.16. The predicted octanol–water partition coefficient (Wildman–Crippen LogP) is 0.814. The average molecular weight is 225 g/mol. The van der Waals surface area contributed by atoms with E-state index in [4.69, 9.17) is 0 Å². The summed E-state index contributed by atoms with van der Waals surface area (Å²) in [4.78, 5) is 11.3. The molecule has 0 aliphatic rings. The number of esters is 1. The number of carbonyl (C=O) groups is 1. The normalized spacial score (nSPS) is 12.4. The Morgan fingerprint density at radius 1 is 1.62 bits per heavy atom. The van der Waals surface area contributed by atoms with Gasteiger partial charge in [-0.1, -0.05) is 6.92 Å². The Hall–Kier alpha value is -1.36. The molecule has 0 radical (unpaired) electrons. The van der Waals surface area contributed by atoms with Crippen LogP contribution in [0.3, 0.4) is 0 Å². The molecule has 0 fully saturated rings. The number of methoxy groups -OCH3 is 1. The largest absolute Gasteiger partial charge is 0.468 e. The molecule has 16 heavy (non-hydrogen) atoms. The van der Waals surface area contributed by atoms with Crippen LogP contribution in [0.15, 0.2) is 18.5 Å². The first kappa shape index (κ1) is 12.7. The van der Waals surface area contributed by atoms with Gasteiger partial charge in [-0.05, 0) is 25.5 Å². The fraction of sp³-hybridized carbons (Fsp3) is 0.636. The van der Waals surface area contributed by atoms with Gasteiger partial charge in [0.15, 0.2) is 0 Å². The summed E-state index contributed by atoms with van der Waals surface area (Å²) >= 11 is 0. The molecule has 1 aromatic heterocycles. The zero-order valence-electron chi connectivity index (χ0n) is 9.85. The van der Waals surface area contributed by atoms with Crippen molar-refractivity contribution in [2.75, 3.05) is 13.7 Å². The summed E-state index contributed by atoms with van der Waals surface area (Å²) in [6.07, 6.45) is 5.37. The topological polar surface area (TPSA) is 56.2 Å². The Bertz CT molecular complexity index is 298. The van der Waals surface area contributed by atoms with Gasteiger partial charge in [-0.15, -0.1) is 0 Å². The van der Waals surface area contributed by atoms with E-state index in [-0.39, 0.29) is 12.0 Å². The quantitative estimate of drug-likeness (QED) is 0.551. The van der Waals surface area contributed by atoms with Crippen LogP contribution >= 0.6 is 0 Å². The number of hydrogen-bond acceptors (Lipinski definition) is 4. The standard InChI is InChI=1S/C11H19N3O2/c1-3-10(11(15)16-2)12-6-4-8-14-9-5-7-13-14/h5,7,9-10,12H,3-4,6,8H2,1-2H3. The number of nitrogens with one attached hydrogen (secondary N) is 1. The molecule has 0 spiro atoms. The molecule has 1 aromatic rings. The van der Waals surface area contributed by atoms with Gasteiger partial charge in [0.05, 0.1) is 7.11 Å². The number of ether oxygens (including phenoxy) is 1. The van der Waals surface area contributed by atoms with Crippen LogP contribution in [-0.4, -0.2) is 35.4 Å². The molecular formula is C11H19N3O2. The highest BCUT2D eigenvalue weighted by Gasteiger charge is 2.14. The molecule has 1 unspecified atom stereocenters. The SMILES string of the molecule is CCC(NCCCn1cccn1)C(=O)OC. The predicted molar refractivity (Wildman–Crippen MR) is 60.9 cm³/mol. The van der Waals surface area contributed by atoms with Gasteiger partial charge in [-0.2, -0.15) is 5.10 Å². The summed E-state index contributed by atoms with van der Waals surface area (Å²) < 4.78 is 6.56. The van der Waals surface area contributed by atoms with E-state index in [0.717, 1.165) is 25.9 Å². The molecular weight excluding hydrogens is 206 g/mol. The highest BCUT2D eigenvalue weighted by Crippen LogP contribution is 1.95. The molecule has 1 rings (SSSR count). The Morgan fingerprint density at radius 2 is 2.44 bits per heavy atom. The molecule has 1 heterocycles. The maximum absolute atomic E-state index is 11.3. The van der Waals surface area contributed by atoms with Crippen molar-refractivity contribution >= 4 is 5.97 Å². The van der Waals surface area contributed by atoms with Gasteiger partial charge < -0.3 is 10.1 Å². The molecule has 0 bridgehead atoms. The van der Waals surface area contributed by atoms with Gasteiger partial charge in [0.2, 0.25) is 0 Å². The van der Waals surface area contributed by atoms with E-state index in [0.29, 0.717) is 0 Å². The van der Waals surface area contributed by atoms with E-state index in [2.05, 4.69) is 15.2 Å². The molecule has 0 aliphatic carbocycles. The molecule has 5 nitrogen and oxygen atoms in total. The van der Waals surface area contributed by atoms with Crippen molar-refractivity contribution in [1.82, 2.24) is 15.1 Å². The first-order valence-corrected chi connectivity index (χ1v) is 5.56. The van der Waals surface area contributed by atoms with Crippen LogP contribution in [0.2, 0.25) is 0 Å². The minimum Gasteiger partial charge on any atom is -0.468 e. The summed E-state index contributed by atoms with van der Waals surface area (Å²) in [6, 6.07) is 1.71. The van der Waals surface area contributed by atoms with Gasteiger partial charge in [0.25, 0.3) is 0 Å². The first-order chi connectivity index (χ1) is 7.77. The van der Waals surface area contributed by atoms with Gasteiger partial charge in [-0.25, -0.2) is 0 Å². The lowest BCUT2D eigenvalue weighted by Gasteiger charge is -2.14. The van der Waals surface area contributed by atoms with Crippen molar-refractivity contribution in [3.8, 4) is 0 Å². The van der Waals surface area contributed by atoms with E-state index in [9.17, 15) is 4.79 Å². The first-order valence-electron chi connectivity index (χ1n) is 5.56. The number of carbonyl (C=O) groups excluding carboxylic acids is 1. The molecule has 0 amide bonds. The fourth-order valence-electron chi connectivity index (χ4n) is 1.49. The third-order valence-corrected chi connectivity index (χ3v) is 2.41. The molecule has 90 valence electrons. The third kappa shape index (κ3) is 4.02. The van der Waals surface area contributed by atoms with Crippen molar-refractivity contribution in [2.24, 2.45) is 0 Å². The van der Waals surface area contributed by atoms with E-state index in [1.54, 1.807) is 6.20 Å². The monoisotopic (exact) mass is 225 g/mol. The molecule has 0 saturated carbocycles. The highest BCUT2D eigenvalue weighted by atomic mass is 16.5. The number of rotatable bonds is 7. The number of hydrogen-bond donors (Lipinski definition) is 1. The molecule has 5 heteroatoms. The Labute approximate surface area is 95.8 Å². The maximum Gasteiger partial charge on any atom is 0.322 e. The molecule has 0 saturated heterocycles. The average Bonchev–Trinajstić information content (AvgIpc) is 2.81. The molecule has 1 atom stereocenters. The van der Waals surface area contributed by atoms with Crippen molar-refractivity contribution in [3.05, 3.63) is 18.5 Å². The molecule has 0 aliphatic heterocycles. The van der Waals surface area contributed by atoms with Crippen LogP contribution in [0.5, 0.6) is 0 Å². The smallest absolute Gasteiger partial charge is 0.322 e. The lowest BCUT2D eigenvalue weighted by molar-refractivity contribution is -0.143. The van der Waals surface area contributed by atoms with E-state index in [1.807, 2.05) is 23.9 Å². The number of aryl methyl sites for hydroxylation is 1. The maximum atomic E-state index is 11.3. The molecule has 1 N–H and O–H groups in total. The van der Waals surface area contributed by atoms with E-state index >= 15 is 0 Å². The lowest BCUT2D eigenvalue weighted by Crippen LogP contribution is -2.37. The second-order valence-electron chi connectivity index (χ2n) is 3.56. The van der Waals surface area contributed by atoms with Crippen LogP contribution < -0.4 is 5.32 Å². The van der Waals surface area contributed by atoms with Crippen LogP contribution in [-0.2, 0) is 16.1 Å². The third-order valence-electron chi connectivity index (χ3n) is 2.41. The number of nitrogens with zero attached hydrogens (tertiary/aromatic N) is 2. The van der Waals surface area contributed by atoms with Gasteiger partial charge in [0, 0.05) is 18.9 Å². The van der Waals surface area contributed by atoms with Crippen molar-refractivity contribution in [2.45, 2.75) is 32.4 Å². The summed E-state index contributed by atoms with van der Waals surface area (Å²) in [5, 5.41) is 7.27. The minimum absolute atomic E-state index is 0.192. The van der Waals surface area contributed by atoms with Gasteiger partial charge in [0.1, 0.15) is 6.04 Å². The second-order valence-corrected chi connectivity index (χ2v) is 3.56. The van der Waals surface area contributed by atoms with Crippen molar-refractivity contribution in [3.63, 3.8) is 0 Å². The Kier molecular flexibility index (Phi) is 5.56. The van der Waals surface area contributed by atoms with E-state index < -0.39 is 0 Å². The zero-order chi connectivity index (χ0) is 11.8. The van der Waals surface area contributed by atoms with Crippen LogP contribution in [0.1, 0.15) is 19.8 Å². The summed E-state index contributed by atoms with van der Waals surface area (Å²) in [5.74, 6) is -0.193. The van der Waals surface area contributed by atoms with Crippen molar-refractivity contribution in [1.29, 1.82) is 0 Å². The zero-order valence-corrected chi connectivity index (χ0v) is 9.85. The second kappa shape index (κ2) is 7.00. The van der Waals surface area contributed by atoms with Crippen LogP contribution in [0.25, 0.3) is 0 Å². The van der Waals surface area contributed by atoms with Crippen LogP contribution in [0, 0.1) is 0 Å². The summed E-state index contributed by atoms with van der Waals surface area (Å²) in [5.41, 5.74) is 0. The lowest BCUT2D eigenvalue weighted by atomic mass is 10.2. The molecule has 0 aromatic carbocycles. The Morgan fingerprint density at radius 3 is 3.00 bits per heavy atom. The van der Waals surface area contributed by atoms with Gasteiger partial charge in [-0.3, -0.25) is 9.48 Å². The highest BCUT2D eigenvalue weighted by molar-refractivity contribution is 5.75. The summed E-state index contributed by atoms with van der Waals surface area (Å²) in [7, 11) is 1.41. The fourth-order valence-corrected chi connectivity index (χ4v) is 1.49. The van der Waals surface area contributed by atoms with Crippen molar-refractivity contribution < 1.29 is 9.53 Å². The van der Waals surface area contributed by atoms with E-state index in [1.165, 1.54) is 7.11 Å². The summed E-state index contributed by atoms with van der Waals surface area (Å²) in [6.45, 7) is 3.60. The van der Waals surface area contributed by atoms with Crippen LogP contribution in [0.4, 0.5) is 0 Å². The van der Waals surface area contributed by atoms with Gasteiger partial charge >= 0.3 is 5.97 Å².